The highest BCUT2D eigenvalue weighted by Crippen LogP contribution is 2.24. The second-order valence-electron chi connectivity index (χ2n) is 6.36. The van der Waals surface area contributed by atoms with Gasteiger partial charge in [0, 0.05) is 13.6 Å². The van der Waals surface area contributed by atoms with Gasteiger partial charge in [0.05, 0.1) is 13.3 Å². The summed E-state index contributed by atoms with van der Waals surface area (Å²) in [5.74, 6) is 1.53. The van der Waals surface area contributed by atoms with E-state index in [4.69, 9.17) is 14.2 Å². The number of carbonyl (C=O) groups excluding carboxylic acids is 1. The van der Waals surface area contributed by atoms with Crippen LogP contribution in [0.15, 0.2) is 76.3 Å². The van der Waals surface area contributed by atoms with Crippen LogP contribution >= 0.6 is 38.5 Å². The molecule has 160 valence electrons. The maximum Gasteiger partial charge on any atom is 0.277 e. The lowest BCUT2D eigenvalue weighted by atomic mass is 10.2. The van der Waals surface area contributed by atoms with Crippen LogP contribution in [0.5, 0.6) is 17.2 Å². The molecule has 1 N–H and O–H groups in total. The second-order valence-corrected chi connectivity index (χ2v) is 8.52. The number of nitrogens with zero attached hydrogens (tertiary/aromatic N) is 1. The van der Waals surface area contributed by atoms with E-state index in [9.17, 15) is 4.79 Å². The van der Waals surface area contributed by atoms with Crippen molar-refractivity contribution >= 4 is 50.6 Å². The van der Waals surface area contributed by atoms with Crippen molar-refractivity contribution < 1.29 is 19.0 Å². The molecule has 0 spiro atoms. The lowest BCUT2D eigenvalue weighted by molar-refractivity contribution is -0.123. The topological polar surface area (TPSA) is 69.2 Å². The van der Waals surface area contributed by atoms with Crippen molar-refractivity contribution in [2.24, 2.45) is 5.10 Å². The molecule has 0 saturated carbocycles. The summed E-state index contributed by atoms with van der Waals surface area (Å²) in [6.45, 7) is 0.255. The number of hydrazone groups is 1. The number of methoxy groups -OCH3 is 1. The van der Waals surface area contributed by atoms with Gasteiger partial charge in [0.2, 0.25) is 0 Å². The Morgan fingerprint density at radius 3 is 2.58 bits per heavy atom. The number of amides is 1. The zero-order valence-corrected chi connectivity index (χ0v) is 20.4. The smallest absolute Gasteiger partial charge is 0.277 e. The summed E-state index contributed by atoms with van der Waals surface area (Å²) in [6, 6.07) is 20.7. The standard InChI is InChI=1S/C23H20BrIN2O4/c1-29-21-9-10-22(31-14-16-3-2-4-18(24)11-16)17(12-21)13-26-27-23(28)15-30-20-7-5-19(25)6-8-20/h2-13H,14-15H2,1H3,(H,27,28)/b26-13+. The van der Waals surface area contributed by atoms with Gasteiger partial charge in [-0.3, -0.25) is 4.79 Å². The first-order chi connectivity index (χ1) is 15.0. The molecule has 8 heteroatoms. The van der Waals surface area contributed by atoms with Crippen molar-refractivity contribution in [3.63, 3.8) is 0 Å². The number of ether oxygens (including phenoxy) is 3. The molecular weight excluding hydrogens is 575 g/mol. The summed E-state index contributed by atoms with van der Waals surface area (Å²) in [4.78, 5) is 12.0. The maximum absolute atomic E-state index is 12.0. The van der Waals surface area contributed by atoms with Crippen molar-refractivity contribution in [2.75, 3.05) is 13.7 Å². The normalized spacial score (nSPS) is 10.7. The van der Waals surface area contributed by atoms with Gasteiger partial charge in [-0.15, -0.1) is 0 Å². The van der Waals surface area contributed by atoms with Crippen molar-refractivity contribution in [2.45, 2.75) is 6.61 Å². The fraction of sp³-hybridized carbons (Fsp3) is 0.130. The Balaban J connectivity index is 1.59. The van der Waals surface area contributed by atoms with Gasteiger partial charge in [-0.1, -0.05) is 28.1 Å². The molecule has 0 radical (unpaired) electrons. The number of nitrogens with one attached hydrogen (secondary N) is 1. The molecule has 0 fully saturated rings. The largest absolute Gasteiger partial charge is 0.497 e. The van der Waals surface area contributed by atoms with Crippen LogP contribution in [0.3, 0.4) is 0 Å². The average molecular weight is 595 g/mol. The van der Waals surface area contributed by atoms with Gasteiger partial charge in [-0.05, 0) is 82.8 Å². The molecule has 3 rings (SSSR count). The van der Waals surface area contributed by atoms with Crippen molar-refractivity contribution in [1.82, 2.24) is 5.43 Å². The molecule has 0 atom stereocenters. The fourth-order valence-corrected chi connectivity index (χ4v) is 3.37. The first-order valence-corrected chi connectivity index (χ1v) is 11.2. The Hall–Kier alpha value is -2.59. The molecule has 0 aromatic heterocycles. The number of halogens is 2. The van der Waals surface area contributed by atoms with Crippen molar-refractivity contribution in [1.29, 1.82) is 0 Å². The molecule has 0 bridgehead atoms. The Morgan fingerprint density at radius 1 is 1.06 bits per heavy atom. The number of hydrogen-bond acceptors (Lipinski definition) is 5. The lowest BCUT2D eigenvalue weighted by Crippen LogP contribution is -2.24. The van der Waals surface area contributed by atoms with Crippen molar-refractivity contribution in [3.8, 4) is 17.2 Å². The minimum Gasteiger partial charge on any atom is -0.497 e. The number of rotatable bonds is 9. The first-order valence-electron chi connectivity index (χ1n) is 9.29. The van der Waals surface area contributed by atoms with Crippen LogP contribution in [0.1, 0.15) is 11.1 Å². The third-order valence-corrected chi connectivity index (χ3v) is 5.29. The molecule has 31 heavy (non-hydrogen) atoms. The van der Waals surface area contributed by atoms with Crippen LogP contribution in [-0.4, -0.2) is 25.8 Å². The highest BCUT2D eigenvalue weighted by Gasteiger charge is 2.06. The highest BCUT2D eigenvalue weighted by atomic mass is 127. The molecule has 0 aliphatic carbocycles. The van der Waals surface area contributed by atoms with Gasteiger partial charge >= 0.3 is 0 Å². The molecule has 0 aliphatic rings. The van der Waals surface area contributed by atoms with Gasteiger partial charge in [0.25, 0.3) is 5.91 Å². The van der Waals surface area contributed by atoms with E-state index in [1.807, 2.05) is 48.5 Å². The quantitative estimate of drug-likeness (QED) is 0.211. The summed E-state index contributed by atoms with van der Waals surface area (Å²) in [5, 5.41) is 4.02. The number of carbonyl (C=O) groups is 1. The predicted molar refractivity (Wildman–Crippen MR) is 132 cm³/mol. The minimum atomic E-state index is -0.366. The summed E-state index contributed by atoms with van der Waals surface area (Å²) < 4.78 is 18.7. The zero-order valence-electron chi connectivity index (χ0n) is 16.7. The molecule has 0 unspecified atom stereocenters. The number of benzene rings is 3. The number of hydrogen-bond donors (Lipinski definition) is 1. The van der Waals surface area contributed by atoms with Gasteiger partial charge in [-0.2, -0.15) is 5.10 Å². The van der Waals surface area contributed by atoms with E-state index in [1.165, 1.54) is 6.21 Å². The Morgan fingerprint density at radius 2 is 1.84 bits per heavy atom. The molecule has 3 aromatic rings. The average Bonchev–Trinajstić information content (AvgIpc) is 2.78. The van der Waals surface area contributed by atoms with Crippen LogP contribution in [0.25, 0.3) is 0 Å². The first kappa shape index (κ1) is 23.1. The zero-order chi connectivity index (χ0) is 22.1. The van der Waals surface area contributed by atoms with Gasteiger partial charge in [-0.25, -0.2) is 5.43 Å². The van der Waals surface area contributed by atoms with Crippen LogP contribution in [-0.2, 0) is 11.4 Å². The SMILES string of the molecule is COc1ccc(OCc2cccc(Br)c2)c(/C=N/NC(=O)COc2ccc(I)cc2)c1. The second kappa shape index (κ2) is 11.7. The summed E-state index contributed by atoms with van der Waals surface area (Å²) in [7, 11) is 1.59. The molecular formula is C23H20BrIN2O4. The van der Waals surface area contributed by atoms with E-state index in [0.29, 0.717) is 29.4 Å². The van der Waals surface area contributed by atoms with Crippen LogP contribution < -0.4 is 19.6 Å². The summed E-state index contributed by atoms with van der Waals surface area (Å²) >= 11 is 5.66. The fourth-order valence-electron chi connectivity index (χ4n) is 2.56. The monoisotopic (exact) mass is 594 g/mol. The molecule has 0 saturated heterocycles. The summed E-state index contributed by atoms with van der Waals surface area (Å²) in [5.41, 5.74) is 4.16. The maximum atomic E-state index is 12.0. The lowest BCUT2D eigenvalue weighted by Gasteiger charge is -2.11. The predicted octanol–water partition coefficient (Wildman–Crippen LogP) is 5.17. The molecule has 0 heterocycles. The third kappa shape index (κ3) is 7.55. The Bertz CT molecular complexity index is 1060. The molecule has 6 nitrogen and oxygen atoms in total. The summed E-state index contributed by atoms with van der Waals surface area (Å²) in [6.07, 6.45) is 1.52. The van der Waals surface area contributed by atoms with E-state index in [0.717, 1.165) is 13.6 Å². The van der Waals surface area contributed by atoms with Crippen molar-refractivity contribution in [3.05, 3.63) is 85.9 Å². The van der Waals surface area contributed by atoms with Gasteiger partial charge in [0.15, 0.2) is 6.61 Å². The third-order valence-electron chi connectivity index (χ3n) is 4.08. The minimum absolute atomic E-state index is 0.137. The van der Waals surface area contributed by atoms with Gasteiger partial charge < -0.3 is 14.2 Å². The van der Waals surface area contributed by atoms with Crippen LogP contribution in [0.4, 0.5) is 0 Å². The van der Waals surface area contributed by atoms with Gasteiger partial charge in [0.1, 0.15) is 23.9 Å². The van der Waals surface area contributed by atoms with Crippen LogP contribution in [0.2, 0.25) is 0 Å². The van der Waals surface area contributed by atoms with Crippen LogP contribution in [0, 0.1) is 3.57 Å². The Kier molecular flexibility index (Phi) is 8.72. The van der Waals surface area contributed by atoms with E-state index in [2.05, 4.69) is 49.0 Å². The van der Waals surface area contributed by atoms with E-state index >= 15 is 0 Å². The van der Waals surface area contributed by atoms with E-state index in [-0.39, 0.29) is 12.5 Å². The van der Waals surface area contributed by atoms with E-state index < -0.39 is 0 Å². The molecule has 3 aromatic carbocycles. The molecule has 0 aliphatic heterocycles. The highest BCUT2D eigenvalue weighted by molar-refractivity contribution is 14.1. The Labute approximate surface area is 202 Å². The molecule has 1 amide bonds. The van der Waals surface area contributed by atoms with E-state index in [1.54, 1.807) is 25.3 Å².